The lowest BCUT2D eigenvalue weighted by Crippen LogP contribution is -2.45. The number of aromatic amines is 1. The smallest absolute Gasteiger partial charge is 0.180 e. The van der Waals surface area contributed by atoms with Gasteiger partial charge in [-0.25, -0.2) is 10.1 Å². The molecule has 44 heavy (non-hydrogen) atoms. The summed E-state index contributed by atoms with van der Waals surface area (Å²) in [7, 11) is 0. The highest BCUT2D eigenvalue weighted by Crippen LogP contribution is 2.33. The minimum Gasteiger partial charge on any atom is -0.342 e. The van der Waals surface area contributed by atoms with Crippen LogP contribution in [0.1, 0.15) is 57.3 Å². The van der Waals surface area contributed by atoms with Gasteiger partial charge in [-0.05, 0) is 50.4 Å². The number of H-pyrrole nitrogens is 1. The fraction of sp³-hybridized carbons (Fsp3) is 0.389. The van der Waals surface area contributed by atoms with Crippen molar-refractivity contribution in [3.8, 4) is 22.5 Å². The third-order valence-corrected chi connectivity index (χ3v) is 8.13. The van der Waals surface area contributed by atoms with Crippen molar-refractivity contribution in [1.82, 2.24) is 35.1 Å². The number of rotatable bonds is 10. The Hall–Kier alpha value is -4.30. The molecule has 228 valence electrons. The number of fused-ring (bicyclic) bond motifs is 1. The van der Waals surface area contributed by atoms with Crippen LogP contribution in [0.15, 0.2) is 78.9 Å². The number of benzene rings is 3. The van der Waals surface area contributed by atoms with E-state index >= 15 is 0 Å². The van der Waals surface area contributed by atoms with Crippen LogP contribution < -0.4 is 4.90 Å². The van der Waals surface area contributed by atoms with Crippen molar-refractivity contribution in [1.29, 1.82) is 0 Å². The summed E-state index contributed by atoms with van der Waals surface area (Å²) < 4.78 is 2.51. The maximum absolute atomic E-state index is 5.38. The van der Waals surface area contributed by atoms with Gasteiger partial charge in [0.05, 0.1) is 12.4 Å². The van der Waals surface area contributed by atoms with E-state index in [4.69, 9.17) is 4.98 Å². The summed E-state index contributed by atoms with van der Waals surface area (Å²) in [5.74, 6) is 3.60. The summed E-state index contributed by atoms with van der Waals surface area (Å²) in [6.45, 7) is 16.2. The molecule has 0 bridgehead atoms. The molecule has 3 aromatic carbocycles. The van der Waals surface area contributed by atoms with Gasteiger partial charge in [0, 0.05) is 38.2 Å². The number of anilines is 1. The van der Waals surface area contributed by atoms with Gasteiger partial charge in [-0.2, -0.15) is 0 Å². The zero-order chi connectivity index (χ0) is 30.7. The predicted octanol–water partition coefficient (Wildman–Crippen LogP) is 6.85. The molecule has 1 N–H and O–H groups in total. The van der Waals surface area contributed by atoms with Crippen LogP contribution >= 0.6 is 0 Å². The van der Waals surface area contributed by atoms with Crippen molar-refractivity contribution in [2.75, 3.05) is 24.7 Å². The average molecular weight is 589 g/mol. The summed E-state index contributed by atoms with van der Waals surface area (Å²) >= 11 is 0. The van der Waals surface area contributed by atoms with Gasteiger partial charge in [0.1, 0.15) is 5.82 Å². The normalized spacial score (nSPS) is 13.9. The lowest BCUT2D eigenvalue weighted by molar-refractivity contribution is 0.218. The van der Waals surface area contributed by atoms with Crippen molar-refractivity contribution in [3.63, 3.8) is 0 Å². The van der Waals surface area contributed by atoms with Crippen LogP contribution in [-0.4, -0.2) is 54.8 Å². The van der Waals surface area contributed by atoms with Crippen molar-refractivity contribution < 1.29 is 0 Å². The molecule has 0 unspecified atom stereocenters. The van der Waals surface area contributed by atoms with Crippen LogP contribution in [0.2, 0.25) is 0 Å². The fourth-order valence-corrected chi connectivity index (χ4v) is 6.21. The second kappa shape index (κ2) is 12.7. The topological polar surface area (TPSA) is 78.8 Å². The van der Waals surface area contributed by atoms with E-state index in [0.29, 0.717) is 11.7 Å². The van der Waals surface area contributed by atoms with E-state index < -0.39 is 0 Å². The van der Waals surface area contributed by atoms with E-state index in [1.165, 1.54) is 22.6 Å². The number of imidazole rings is 1. The van der Waals surface area contributed by atoms with Gasteiger partial charge in [0.25, 0.3) is 0 Å². The number of nitrogens with one attached hydrogen (secondary N) is 1. The minimum absolute atomic E-state index is 0.126. The van der Waals surface area contributed by atoms with Crippen LogP contribution in [0.25, 0.3) is 22.5 Å². The van der Waals surface area contributed by atoms with Gasteiger partial charge in [-0.15, -0.1) is 5.10 Å². The Morgan fingerprint density at radius 2 is 1.59 bits per heavy atom. The molecule has 0 radical (unpaired) electrons. The van der Waals surface area contributed by atoms with Gasteiger partial charge < -0.3 is 9.47 Å². The standard InChI is InChI=1S/C36H44N8/c1-26(2)22-42-24-32-35(43(25-42)20-19-27-11-7-6-8-12-27)37-33(21-36(3,4)5)44(32)23-28-15-17-29(18-16-28)30-13-9-10-14-31(30)34-38-40-41-39-34/h6-18,26H,19-25H2,1-5H3,(H,38,39,40,41). The Balaban J connectivity index is 1.32. The Bertz CT molecular complexity index is 1650. The molecule has 0 atom stereocenters. The van der Waals surface area contributed by atoms with Crippen molar-refractivity contribution >= 4 is 5.82 Å². The Labute approximate surface area is 261 Å². The zero-order valence-electron chi connectivity index (χ0n) is 26.7. The Kier molecular flexibility index (Phi) is 8.62. The largest absolute Gasteiger partial charge is 0.342 e. The van der Waals surface area contributed by atoms with Crippen LogP contribution in [-0.2, 0) is 25.9 Å². The highest BCUT2D eigenvalue weighted by atomic mass is 15.5. The second-order valence-corrected chi connectivity index (χ2v) is 13.7. The summed E-state index contributed by atoms with van der Waals surface area (Å²) in [5.41, 5.74) is 7.31. The Morgan fingerprint density at radius 1 is 0.864 bits per heavy atom. The van der Waals surface area contributed by atoms with E-state index in [0.717, 1.165) is 68.2 Å². The number of nitrogens with zero attached hydrogens (tertiary/aromatic N) is 7. The van der Waals surface area contributed by atoms with E-state index in [-0.39, 0.29) is 5.41 Å². The minimum atomic E-state index is 0.126. The maximum Gasteiger partial charge on any atom is 0.180 e. The molecule has 2 aromatic heterocycles. The first kappa shape index (κ1) is 29.8. The number of aromatic nitrogens is 6. The molecule has 0 aliphatic carbocycles. The number of hydrogen-bond acceptors (Lipinski definition) is 6. The molecule has 0 saturated carbocycles. The summed E-state index contributed by atoms with van der Waals surface area (Å²) in [6.07, 6.45) is 1.93. The molecule has 0 amide bonds. The second-order valence-electron chi connectivity index (χ2n) is 13.7. The fourth-order valence-electron chi connectivity index (χ4n) is 6.21. The SMILES string of the molecule is CC(C)CN1Cc2c(nc(CC(C)(C)C)n2Cc2ccc(-c3ccccc3-c3nnn[nH]3)cc2)N(CCc2ccccc2)C1. The third kappa shape index (κ3) is 6.91. The molecule has 6 rings (SSSR count). The zero-order valence-corrected chi connectivity index (χ0v) is 26.7. The number of tetrazole rings is 1. The van der Waals surface area contributed by atoms with E-state index in [9.17, 15) is 0 Å². The van der Waals surface area contributed by atoms with Crippen molar-refractivity contribution in [2.24, 2.45) is 11.3 Å². The molecule has 8 nitrogen and oxygen atoms in total. The monoisotopic (exact) mass is 588 g/mol. The molecule has 0 saturated heterocycles. The molecule has 0 fully saturated rings. The summed E-state index contributed by atoms with van der Waals surface area (Å²) in [6, 6.07) is 28.0. The summed E-state index contributed by atoms with van der Waals surface area (Å²) in [4.78, 5) is 10.5. The number of hydrogen-bond donors (Lipinski definition) is 1. The van der Waals surface area contributed by atoms with E-state index in [1.807, 2.05) is 6.07 Å². The van der Waals surface area contributed by atoms with E-state index in [1.54, 1.807) is 0 Å². The van der Waals surface area contributed by atoms with E-state index in [2.05, 4.69) is 142 Å². The van der Waals surface area contributed by atoms with Crippen LogP contribution in [0.4, 0.5) is 5.82 Å². The molecule has 5 aromatic rings. The molecule has 1 aliphatic heterocycles. The van der Waals surface area contributed by atoms with Gasteiger partial charge in [-0.1, -0.05) is 113 Å². The third-order valence-electron chi connectivity index (χ3n) is 8.13. The molecule has 3 heterocycles. The van der Waals surface area contributed by atoms with Crippen LogP contribution in [0.5, 0.6) is 0 Å². The lowest BCUT2D eigenvalue weighted by atomic mass is 9.92. The summed E-state index contributed by atoms with van der Waals surface area (Å²) in [5, 5.41) is 14.6. The Morgan fingerprint density at radius 3 is 2.27 bits per heavy atom. The van der Waals surface area contributed by atoms with Crippen LogP contribution in [0, 0.1) is 11.3 Å². The lowest BCUT2D eigenvalue weighted by Gasteiger charge is -2.37. The highest BCUT2D eigenvalue weighted by Gasteiger charge is 2.31. The molecule has 8 heteroatoms. The van der Waals surface area contributed by atoms with Gasteiger partial charge in [0.15, 0.2) is 11.6 Å². The van der Waals surface area contributed by atoms with Gasteiger partial charge >= 0.3 is 0 Å². The van der Waals surface area contributed by atoms with Gasteiger partial charge in [-0.3, -0.25) is 4.90 Å². The van der Waals surface area contributed by atoms with Crippen molar-refractivity contribution in [2.45, 2.75) is 60.5 Å². The predicted molar refractivity (Wildman–Crippen MR) is 177 cm³/mol. The average Bonchev–Trinajstić information content (AvgIpc) is 3.65. The quantitative estimate of drug-likeness (QED) is 0.192. The molecular weight excluding hydrogens is 544 g/mol. The first-order valence-electron chi connectivity index (χ1n) is 15.8. The first-order chi connectivity index (χ1) is 21.2. The molecule has 1 aliphatic rings. The highest BCUT2D eigenvalue weighted by molar-refractivity contribution is 5.80. The van der Waals surface area contributed by atoms with Crippen LogP contribution in [0.3, 0.4) is 0 Å². The van der Waals surface area contributed by atoms with Gasteiger partial charge in [0.2, 0.25) is 0 Å². The van der Waals surface area contributed by atoms with Crippen molar-refractivity contribution in [3.05, 3.63) is 102 Å². The molecule has 0 spiro atoms. The first-order valence-corrected chi connectivity index (χ1v) is 15.8. The molecular formula is C36H44N8. The maximum atomic E-state index is 5.38.